The lowest BCUT2D eigenvalue weighted by Gasteiger charge is -2.34. The predicted octanol–water partition coefficient (Wildman–Crippen LogP) is 1.78. The highest BCUT2D eigenvalue weighted by Gasteiger charge is 2.25. The van der Waals surface area contributed by atoms with E-state index in [0.29, 0.717) is 0 Å². The maximum absolute atomic E-state index is 13.1. The van der Waals surface area contributed by atoms with Crippen molar-refractivity contribution in [3.63, 3.8) is 0 Å². The average molecular weight is 397 g/mol. The highest BCUT2D eigenvalue weighted by Crippen LogP contribution is 2.34. The van der Waals surface area contributed by atoms with Gasteiger partial charge in [-0.25, -0.2) is 4.98 Å². The number of benzene rings is 1. The third-order valence-corrected chi connectivity index (χ3v) is 3.68. The van der Waals surface area contributed by atoms with Crippen LogP contribution in [0.15, 0.2) is 34.9 Å². The van der Waals surface area contributed by atoms with E-state index in [-0.39, 0.29) is 20.7 Å². The van der Waals surface area contributed by atoms with Crippen LogP contribution in [0.3, 0.4) is 0 Å². The number of hydrogen-bond acceptors (Lipinski definition) is 8. The number of aromatic nitrogens is 2. The molecule has 0 bridgehead atoms. The SMILES string of the molecule is [2H]C([2H])([2H])Oc1cc2nc(N3C([2H])([2H])C([2H])([2H])N(C(=O)c4ccco4)C([2H])([2H])C3([2H])[2H])nc(N)c2cc1OC([2H])([2H])[2H]. The first-order chi connectivity index (χ1) is 18.9. The number of nitrogens with two attached hydrogens (primary N) is 1. The summed E-state index contributed by atoms with van der Waals surface area (Å²) in [6.45, 7) is -14.4. The number of anilines is 2. The van der Waals surface area contributed by atoms with Crippen molar-refractivity contribution in [1.82, 2.24) is 14.9 Å². The summed E-state index contributed by atoms with van der Waals surface area (Å²) >= 11 is 0. The number of hydrogen-bond donors (Lipinski definition) is 1. The molecule has 1 fully saturated rings. The van der Waals surface area contributed by atoms with Gasteiger partial charge in [0, 0.05) is 37.4 Å². The maximum Gasteiger partial charge on any atom is 0.289 e. The molecule has 146 valence electrons. The lowest BCUT2D eigenvalue weighted by Crippen LogP contribution is -2.49. The molecule has 1 amide bonds. The Hall–Kier alpha value is -3.49. The lowest BCUT2D eigenvalue weighted by atomic mass is 10.2. The van der Waals surface area contributed by atoms with Crippen molar-refractivity contribution in [2.75, 3.05) is 50.7 Å². The van der Waals surface area contributed by atoms with E-state index in [1.165, 1.54) is 6.07 Å². The van der Waals surface area contributed by atoms with Gasteiger partial charge in [0.15, 0.2) is 17.3 Å². The second-order valence-corrected chi connectivity index (χ2v) is 5.33. The van der Waals surface area contributed by atoms with Gasteiger partial charge in [0.05, 0.1) is 45.0 Å². The summed E-state index contributed by atoms with van der Waals surface area (Å²) in [6, 6.07) is 4.06. The molecule has 1 aliphatic rings. The molecule has 2 aromatic heterocycles. The van der Waals surface area contributed by atoms with Crippen molar-refractivity contribution in [3.05, 3.63) is 36.3 Å². The zero-order valence-electron chi connectivity index (χ0n) is 27.9. The number of piperazine rings is 1. The number of methoxy groups -OCH3 is 2. The van der Waals surface area contributed by atoms with Crippen LogP contribution in [0.2, 0.25) is 0 Å². The van der Waals surface area contributed by atoms with Gasteiger partial charge in [-0.2, -0.15) is 4.98 Å². The zero-order chi connectivity index (χ0) is 31.8. The van der Waals surface area contributed by atoms with Crippen LogP contribution in [0.4, 0.5) is 11.8 Å². The normalized spacial score (nSPS) is 29.9. The van der Waals surface area contributed by atoms with Crippen molar-refractivity contribution >= 4 is 28.6 Å². The van der Waals surface area contributed by atoms with Gasteiger partial charge in [0.1, 0.15) is 5.82 Å². The van der Waals surface area contributed by atoms with Crippen molar-refractivity contribution < 1.29 is 37.9 Å². The number of amides is 1. The van der Waals surface area contributed by atoms with Crippen molar-refractivity contribution in [2.24, 2.45) is 0 Å². The Morgan fingerprint density at radius 2 is 1.96 bits per heavy atom. The first-order valence-electron chi connectivity index (χ1n) is 14.6. The van der Waals surface area contributed by atoms with Crippen LogP contribution in [-0.4, -0.2) is 60.8 Å². The Morgan fingerprint density at radius 1 is 1.21 bits per heavy atom. The van der Waals surface area contributed by atoms with Gasteiger partial charge in [-0.15, -0.1) is 0 Å². The molecule has 0 radical (unpaired) electrons. The molecule has 3 aromatic rings. The fraction of sp³-hybridized carbons (Fsp3) is 0.316. The average Bonchev–Trinajstić information content (AvgIpc) is 3.31. The van der Waals surface area contributed by atoms with E-state index in [4.69, 9.17) is 38.8 Å². The lowest BCUT2D eigenvalue weighted by molar-refractivity contribution is 0.0714. The number of nitrogens with zero attached hydrogens (tertiary/aromatic N) is 4. The Bertz CT molecular complexity index is 1500. The van der Waals surface area contributed by atoms with Crippen LogP contribution in [-0.2, 0) is 0 Å². The first-order valence-corrected chi connectivity index (χ1v) is 7.60. The largest absolute Gasteiger partial charge is 0.493 e. The van der Waals surface area contributed by atoms with Gasteiger partial charge >= 0.3 is 0 Å². The summed E-state index contributed by atoms with van der Waals surface area (Å²) in [4.78, 5) is 20.5. The van der Waals surface area contributed by atoms with Crippen LogP contribution in [0.5, 0.6) is 11.5 Å². The fourth-order valence-electron chi connectivity index (χ4n) is 2.37. The quantitative estimate of drug-likeness (QED) is 0.710. The molecule has 4 rings (SSSR count). The van der Waals surface area contributed by atoms with E-state index in [9.17, 15) is 4.79 Å². The monoisotopic (exact) mass is 397 g/mol. The molecule has 0 atom stereocenters. The zero-order valence-corrected chi connectivity index (χ0v) is 13.9. The molecule has 1 aliphatic heterocycles. The molecule has 1 saturated heterocycles. The van der Waals surface area contributed by atoms with E-state index in [1.54, 1.807) is 0 Å². The number of furan rings is 1. The second-order valence-electron chi connectivity index (χ2n) is 5.33. The summed E-state index contributed by atoms with van der Waals surface area (Å²) < 4.78 is 127. The molecular formula is C19H21N5O4. The third kappa shape index (κ3) is 3.15. The molecule has 28 heavy (non-hydrogen) atoms. The van der Waals surface area contributed by atoms with Crippen molar-refractivity contribution in [3.8, 4) is 11.5 Å². The number of rotatable bonds is 4. The van der Waals surface area contributed by atoms with Crippen LogP contribution in [0, 0.1) is 0 Å². The van der Waals surface area contributed by atoms with E-state index in [2.05, 4.69) is 9.97 Å². The van der Waals surface area contributed by atoms with Gasteiger partial charge in [-0.05, 0) is 18.2 Å². The molecule has 1 aromatic carbocycles. The van der Waals surface area contributed by atoms with E-state index in [0.717, 1.165) is 24.5 Å². The van der Waals surface area contributed by atoms with Gasteiger partial charge in [-0.1, -0.05) is 0 Å². The maximum atomic E-state index is 13.1. The van der Waals surface area contributed by atoms with Crippen LogP contribution < -0.4 is 20.1 Å². The molecule has 9 nitrogen and oxygen atoms in total. The number of fused-ring (bicyclic) bond motifs is 1. The second kappa shape index (κ2) is 7.26. The van der Waals surface area contributed by atoms with Gasteiger partial charge in [0.25, 0.3) is 5.91 Å². The predicted molar refractivity (Wildman–Crippen MR) is 104 cm³/mol. The minimum atomic E-state index is -3.61. The minimum Gasteiger partial charge on any atom is -0.493 e. The Labute approximate surface area is 181 Å². The standard InChI is InChI=1S/C19H21N5O4/c1-26-15-10-12-13(11-16(15)27-2)21-19(22-17(12)20)24-7-5-23(6-8-24)18(25)14-4-3-9-28-14/h3-4,9-11H,5-8H2,1-2H3,(H2,20,21,22)/i1D3,2D3,5D2,6D2,7D2,8D2. The minimum absolute atomic E-state index is 0.0706. The summed E-state index contributed by atoms with van der Waals surface area (Å²) in [5.74, 6) is -4.93. The van der Waals surface area contributed by atoms with Crippen molar-refractivity contribution in [1.29, 1.82) is 0 Å². The van der Waals surface area contributed by atoms with Crippen LogP contribution in [0.25, 0.3) is 10.9 Å². The third-order valence-electron chi connectivity index (χ3n) is 3.68. The summed E-state index contributed by atoms with van der Waals surface area (Å²) in [7, 11) is -6.17. The molecule has 0 aliphatic carbocycles. The highest BCUT2D eigenvalue weighted by molar-refractivity contribution is 5.92. The molecule has 2 N–H and O–H groups in total. The number of carbonyl (C=O) groups excluding carboxylic acids is 1. The first kappa shape index (κ1) is 7.86. The Morgan fingerprint density at radius 3 is 2.64 bits per heavy atom. The van der Waals surface area contributed by atoms with Crippen molar-refractivity contribution in [2.45, 2.75) is 0 Å². The van der Waals surface area contributed by atoms with E-state index >= 15 is 0 Å². The Balaban J connectivity index is 1.93. The topological polar surface area (TPSA) is 107 Å². The Kier molecular flexibility index (Phi) is 2.04. The van der Waals surface area contributed by atoms with Gasteiger partial charge in [0.2, 0.25) is 5.95 Å². The summed E-state index contributed by atoms with van der Waals surface area (Å²) in [5, 5.41) is -0.185. The van der Waals surface area contributed by atoms with Crippen LogP contribution >= 0.6 is 0 Å². The number of ether oxygens (including phenoxy) is 2. The molecule has 0 saturated carbocycles. The summed E-state index contributed by atoms with van der Waals surface area (Å²) in [6.07, 6.45) is 1.03. The van der Waals surface area contributed by atoms with E-state index < -0.39 is 75.0 Å². The highest BCUT2D eigenvalue weighted by atomic mass is 16.5. The van der Waals surface area contributed by atoms with Crippen LogP contribution in [0.1, 0.15) is 29.7 Å². The summed E-state index contributed by atoms with van der Waals surface area (Å²) in [5.41, 5.74) is 5.63. The molecular weight excluding hydrogens is 362 g/mol. The van der Waals surface area contributed by atoms with Gasteiger partial charge < -0.3 is 29.4 Å². The molecule has 0 spiro atoms. The molecule has 0 unspecified atom stereocenters. The molecule has 3 heterocycles. The number of carbonyl (C=O) groups is 1. The number of nitrogen functional groups attached to an aromatic ring is 1. The fourth-order valence-corrected chi connectivity index (χ4v) is 2.37. The smallest absolute Gasteiger partial charge is 0.289 e. The molecule has 9 heteroatoms. The van der Waals surface area contributed by atoms with Gasteiger partial charge in [-0.3, -0.25) is 4.79 Å². The van der Waals surface area contributed by atoms with E-state index in [1.807, 2.05) is 0 Å².